The number of rotatable bonds is 15. The molecule has 0 aliphatic heterocycles. The molecule has 246 valence electrons. The SMILES string of the molecule is CNC(C(=O)NC(C(=O)N(C)[C@H](/C=C(\C)C(=O)N[C@H](CCC(=O)O)C(=O)O)C(C)C)C(C)(C)C)C(C)(C)c1ccc(O)cc1. The molecule has 0 aliphatic carbocycles. The number of phenols is 1. The molecule has 0 bridgehead atoms. The highest BCUT2D eigenvalue weighted by Crippen LogP contribution is 2.30. The van der Waals surface area contributed by atoms with Crippen LogP contribution in [0.5, 0.6) is 5.75 Å². The third-order valence-corrected chi connectivity index (χ3v) is 7.79. The monoisotopic (exact) mass is 618 g/mol. The van der Waals surface area contributed by atoms with Crippen LogP contribution in [0, 0.1) is 11.3 Å². The molecule has 1 aromatic carbocycles. The molecular formula is C32H50N4O8. The highest BCUT2D eigenvalue weighted by Gasteiger charge is 2.41. The molecule has 6 N–H and O–H groups in total. The van der Waals surface area contributed by atoms with Gasteiger partial charge in [-0.3, -0.25) is 19.2 Å². The molecule has 12 heteroatoms. The normalized spacial score (nSPS) is 15.1. The zero-order chi connectivity index (χ0) is 34.2. The molecule has 0 heterocycles. The Bertz CT molecular complexity index is 1220. The lowest BCUT2D eigenvalue weighted by atomic mass is 9.76. The van der Waals surface area contributed by atoms with Gasteiger partial charge in [0.1, 0.15) is 17.8 Å². The maximum Gasteiger partial charge on any atom is 0.326 e. The first-order valence-electron chi connectivity index (χ1n) is 14.6. The van der Waals surface area contributed by atoms with Crippen molar-refractivity contribution in [2.45, 2.75) is 97.8 Å². The van der Waals surface area contributed by atoms with Gasteiger partial charge in [-0.15, -0.1) is 0 Å². The van der Waals surface area contributed by atoms with Crippen LogP contribution in [0.25, 0.3) is 0 Å². The molecule has 1 aromatic rings. The van der Waals surface area contributed by atoms with Crippen molar-refractivity contribution in [1.29, 1.82) is 0 Å². The molecule has 4 atom stereocenters. The van der Waals surface area contributed by atoms with E-state index in [1.165, 1.54) is 11.8 Å². The van der Waals surface area contributed by atoms with Crippen LogP contribution >= 0.6 is 0 Å². The third-order valence-electron chi connectivity index (χ3n) is 7.79. The van der Waals surface area contributed by atoms with E-state index in [9.17, 15) is 34.2 Å². The summed E-state index contributed by atoms with van der Waals surface area (Å²) >= 11 is 0. The van der Waals surface area contributed by atoms with Crippen molar-refractivity contribution in [3.63, 3.8) is 0 Å². The van der Waals surface area contributed by atoms with E-state index in [0.717, 1.165) is 5.56 Å². The van der Waals surface area contributed by atoms with Crippen LogP contribution in [-0.2, 0) is 29.4 Å². The van der Waals surface area contributed by atoms with E-state index in [0.29, 0.717) is 0 Å². The van der Waals surface area contributed by atoms with Gasteiger partial charge in [-0.2, -0.15) is 0 Å². The Balaban J connectivity index is 3.29. The second kappa shape index (κ2) is 15.7. The van der Waals surface area contributed by atoms with E-state index in [4.69, 9.17) is 5.11 Å². The molecule has 0 aromatic heterocycles. The van der Waals surface area contributed by atoms with Crippen LogP contribution in [0.2, 0.25) is 0 Å². The summed E-state index contributed by atoms with van der Waals surface area (Å²) in [5.74, 6) is -4.04. The van der Waals surface area contributed by atoms with Gasteiger partial charge >= 0.3 is 11.9 Å². The van der Waals surface area contributed by atoms with E-state index in [2.05, 4.69) is 16.0 Å². The fourth-order valence-electron chi connectivity index (χ4n) is 4.98. The predicted molar refractivity (Wildman–Crippen MR) is 167 cm³/mol. The predicted octanol–water partition coefficient (Wildman–Crippen LogP) is 2.65. The maximum absolute atomic E-state index is 14.0. The van der Waals surface area contributed by atoms with Crippen LogP contribution < -0.4 is 16.0 Å². The van der Waals surface area contributed by atoms with Crippen molar-refractivity contribution >= 4 is 29.7 Å². The number of phenolic OH excluding ortho intramolecular Hbond substituents is 1. The Morgan fingerprint density at radius 3 is 1.91 bits per heavy atom. The molecule has 2 unspecified atom stereocenters. The Morgan fingerprint density at radius 2 is 1.48 bits per heavy atom. The summed E-state index contributed by atoms with van der Waals surface area (Å²) in [5, 5.41) is 36.4. The van der Waals surface area contributed by atoms with Crippen LogP contribution in [0.1, 0.15) is 73.8 Å². The van der Waals surface area contributed by atoms with E-state index in [-0.39, 0.29) is 35.5 Å². The van der Waals surface area contributed by atoms with Gasteiger partial charge < -0.3 is 36.2 Å². The molecular weight excluding hydrogens is 568 g/mol. The van der Waals surface area contributed by atoms with E-state index < -0.39 is 59.3 Å². The first-order chi connectivity index (χ1) is 20.1. The number of carboxylic acids is 2. The Morgan fingerprint density at radius 1 is 0.932 bits per heavy atom. The molecule has 0 spiro atoms. The molecule has 0 saturated carbocycles. The molecule has 0 saturated heterocycles. The average Bonchev–Trinajstić information content (AvgIpc) is 2.90. The number of aromatic hydroxyl groups is 1. The van der Waals surface area contributed by atoms with Gasteiger partial charge in [0.25, 0.3) is 0 Å². The van der Waals surface area contributed by atoms with Gasteiger partial charge in [-0.05, 0) is 49.4 Å². The standard InChI is InChI=1S/C32H50N4O8/c1-18(2)23(17-19(3)27(40)34-22(30(43)44)15-16-24(38)39)36(10)29(42)26(31(4,5)6)35-28(41)25(33-9)32(7,8)20-11-13-21(37)14-12-20/h11-14,17-18,22-23,25-26,33,37H,15-16H2,1-10H3,(H,34,40)(H,35,41)(H,38,39)(H,43,44)/b19-17+/t22-,23-,25?,26?/m1/s1. The molecule has 0 radical (unpaired) electrons. The summed E-state index contributed by atoms with van der Waals surface area (Å²) in [4.78, 5) is 64.5. The molecule has 12 nitrogen and oxygen atoms in total. The summed E-state index contributed by atoms with van der Waals surface area (Å²) in [6, 6.07) is 2.95. The average molecular weight is 619 g/mol. The number of carbonyl (C=O) groups excluding carboxylic acids is 3. The number of nitrogens with one attached hydrogen (secondary N) is 3. The number of likely N-dealkylation sites (N-methyl/N-ethyl adjacent to an activating group) is 2. The summed E-state index contributed by atoms with van der Waals surface area (Å²) in [6.45, 7) is 14.5. The first-order valence-corrected chi connectivity index (χ1v) is 14.6. The number of benzene rings is 1. The van der Waals surface area contributed by atoms with Gasteiger partial charge in [-0.1, -0.05) is 66.7 Å². The van der Waals surface area contributed by atoms with Crippen molar-refractivity contribution in [2.75, 3.05) is 14.1 Å². The quantitative estimate of drug-likeness (QED) is 0.161. The largest absolute Gasteiger partial charge is 0.508 e. The molecule has 0 aliphatic rings. The number of carbonyl (C=O) groups is 5. The van der Waals surface area contributed by atoms with E-state index >= 15 is 0 Å². The van der Waals surface area contributed by atoms with Gasteiger partial charge in [0.05, 0.1) is 12.1 Å². The van der Waals surface area contributed by atoms with Crippen molar-refractivity contribution in [2.24, 2.45) is 11.3 Å². The smallest absolute Gasteiger partial charge is 0.326 e. The van der Waals surface area contributed by atoms with E-state index in [1.807, 2.05) is 48.5 Å². The second-order valence-corrected chi connectivity index (χ2v) is 13.1. The minimum absolute atomic E-state index is 0.109. The zero-order valence-corrected chi connectivity index (χ0v) is 27.5. The third kappa shape index (κ3) is 10.4. The van der Waals surface area contributed by atoms with E-state index in [1.54, 1.807) is 44.4 Å². The Hall–Kier alpha value is -3.93. The van der Waals surface area contributed by atoms with Gasteiger partial charge in [0, 0.05) is 24.5 Å². The second-order valence-electron chi connectivity index (χ2n) is 13.1. The van der Waals surface area contributed by atoms with Gasteiger partial charge in [0.15, 0.2) is 0 Å². The van der Waals surface area contributed by atoms with Crippen LogP contribution in [-0.4, -0.2) is 88.1 Å². The molecule has 3 amide bonds. The van der Waals surface area contributed by atoms with Gasteiger partial charge in [0.2, 0.25) is 17.7 Å². The topological polar surface area (TPSA) is 185 Å². The lowest BCUT2D eigenvalue weighted by Gasteiger charge is -2.40. The van der Waals surface area contributed by atoms with Crippen molar-refractivity contribution in [3.8, 4) is 5.75 Å². The van der Waals surface area contributed by atoms with Gasteiger partial charge in [-0.25, -0.2) is 4.79 Å². The van der Waals surface area contributed by atoms with Crippen LogP contribution in [0.3, 0.4) is 0 Å². The summed E-state index contributed by atoms with van der Waals surface area (Å²) in [6.07, 6.45) is 0.867. The number of amides is 3. The summed E-state index contributed by atoms with van der Waals surface area (Å²) < 4.78 is 0. The minimum atomic E-state index is -1.38. The Kier molecular flexibility index (Phi) is 13.6. The summed E-state index contributed by atoms with van der Waals surface area (Å²) in [5.41, 5.74) is -0.437. The van der Waals surface area contributed by atoms with Crippen LogP contribution in [0.4, 0.5) is 0 Å². The highest BCUT2D eigenvalue weighted by molar-refractivity contribution is 5.96. The number of nitrogens with zero attached hydrogens (tertiary/aromatic N) is 1. The fourth-order valence-corrected chi connectivity index (χ4v) is 4.98. The number of carboxylic acid groups (broad SMARTS) is 2. The van der Waals surface area contributed by atoms with Crippen molar-refractivity contribution in [1.82, 2.24) is 20.9 Å². The Labute approximate surface area is 260 Å². The molecule has 0 fully saturated rings. The number of hydrogen-bond donors (Lipinski definition) is 6. The minimum Gasteiger partial charge on any atom is -0.508 e. The maximum atomic E-state index is 14.0. The number of aliphatic carboxylic acids is 2. The number of hydrogen-bond acceptors (Lipinski definition) is 7. The molecule has 1 rings (SSSR count). The van der Waals surface area contributed by atoms with Crippen molar-refractivity contribution < 1.29 is 39.3 Å². The first kappa shape index (κ1) is 38.1. The summed E-state index contributed by atoms with van der Waals surface area (Å²) in [7, 11) is 3.25. The lowest BCUT2D eigenvalue weighted by molar-refractivity contribution is -0.142. The van der Waals surface area contributed by atoms with Crippen LogP contribution in [0.15, 0.2) is 35.9 Å². The highest BCUT2D eigenvalue weighted by atomic mass is 16.4. The lowest BCUT2D eigenvalue weighted by Crippen LogP contribution is -2.61. The fraction of sp³-hybridized carbons (Fsp3) is 0.594. The zero-order valence-electron chi connectivity index (χ0n) is 27.5. The molecule has 44 heavy (non-hydrogen) atoms. The van der Waals surface area contributed by atoms with Crippen molar-refractivity contribution in [3.05, 3.63) is 41.5 Å².